The Morgan fingerprint density at radius 1 is 1.14 bits per heavy atom. The Morgan fingerprint density at radius 2 is 1.86 bits per heavy atom. The minimum absolute atomic E-state index is 0.0122. The van der Waals surface area contributed by atoms with Crippen LogP contribution >= 0.6 is 0 Å². The van der Waals surface area contributed by atoms with Crippen molar-refractivity contribution >= 4 is 0 Å². The summed E-state index contributed by atoms with van der Waals surface area (Å²) in [6.45, 7) is 5.04. The molecule has 78 valence electrons. The second kappa shape index (κ2) is 5.50. The van der Waals surface area contributed by atoms with E-state index in [0.29, 0.717) is 19.0 Å². The van der Waals surface area contributed by atoms with Crippen LogP contribution in [0.5, 0.6) is 11.5 Å². The molecule has 0 saturated carbocycles. The smallest absolute Gasteiger partial charge is 0.128 e. The minimum Gasteiger partial charge on any atom is -0.494 e. The molecular formula is C11H16O3. The van der Waals surface area contributed by atoms with Gasteiger partial charge in [-0.3, -0.25) is 0 Å². The van der Waals surface area contributed by atoms with Gasteiger partial charge in [-0.25, -0.2) is 0 Å². The van der Waals surface area contributed by atoms with Crippen LogP contribution in [-0.4, -0.2) is 18.3 Å². The first-order chi connectivity index (χ1) is 6.81. The van der Waals surface area contributed by atoms with E-state index in [4.69, 9.17) is 14.6 Å². The van der Waals surface area contributed by atoms with Gasteiger partial charge >= 0.3 is 0 Å². The Hall–Kier alpha value is -1.22. The average Bonchev–Trinajstić information content (AvgIpc) is 2.19. The van der Waals surface area contributed by atoms with Gasteiger partial charge in [0, 0.05) is 11.6 Å². The molecule has 0 spiro atoms. The van der Waals surface area contributed by atoms with Gasteiger partial charge in [0.15, 0.2) is 0 Å². The molecule has 14 heavy (non-hydrogen) atoms. The fourth-order valence-corrected chi connectivity index (χ4v) is 1.21. The summed E-state index contributed by atoms with van der Waals surface area (Å²) >= 11 is 0. The van der Waals surface area contributed by atoms with E-state index in [1.54, 1.807) is 6.07 Å². The summed E-state index contributed by atoms with van der Waals surface area (Å²) < 4.78 is 10.7. The van der Waals surface area contributed by atoms with E-state index in [1.165, 1.54) is 0 Å². The molecule has 3 heteroatoms. The Labute approximate surface area is 84.3 Å². The lowest BCUT2D eigenvalue weighted by atomic mass is 10.2. The lowest BCUT2D eigenvalue weighted by Crippen LogP contribution is -1.98. The van der Waals surface area contributed by atoms with E-state index in [9.17, 15) is 0 Å². The Morgan fingerprint density at radius 3 is 2.43 bits per heavy atom. The second-order valence-electron chi connectivity index (χ2n) is 2.79. The van der Waals surface area contributed by atoms with Crippen molar-refractivity contribution in [2.75, 3.05) is 13.2 Å². The summed E-state index contributed by atoms with van der Waals surface area (Å²) in [5.74, 6) is 1.47. The Bertz CT molecular complexity index is 284. The molecule has 0 aromatic heterocycles. The van der Waals surface area contributed by atoms with Crippen LogP contribution in [0, 0.1) is 0 Å². The van der Waals surface area contributed by atoms with Gasteiger partial charge < -0.3 is 14.6 Å². The molecule has 1 N–H and O–H groups in total. The number of ether oxygens (including phenoxy) is 2. The monoisotopic (exact) mass is 196 g/mol. The van der Waals surface area contributed by atoms with Crippen molar-refractivity contribution in [3.05, 3.63) is 23.8 Å². The van der Waals surface area contributed by atoms with Crippen molar-refractivity contribution in [3.63, 3.8) is 0 Å². The molecule has 0 aliphatic rings. The molecule has 3 nitrogen and oxygen atoms in total. The van der Waals surface area contributed by atoms with Gasteiger partial charge in [0.2, 0.25) is 0 Å². The maximum Gasteiger partial charge on any atom is 0.128 e. The lowest BCUT2D eigenvalue weighted by molar-refractivity contribution is 0.265. The number of hydrogen-bond acceptors (Lipinski definition) is 3. The molecule has 0 heterocycles. The van der Waals surface area contributed by atoms with Crippen LogP contribution < -0.4 is 9.47 Å². The van der Waals surface area contributed by atoms with Gasteiger partial charge in [-0.1, -0.05) is 0 Å². The third-order valence-corrected chi connectivity index (χ3v) is 1.82. The molecule has 0 saturated heterocycles. The molecule has 0 radical (unpaired) electrons. The molecule has 0 aliphatic heterocycles. The van der Waals surface area contributed by atoms with Gasteiger partial charge in [-0.15, -0.1) is 0 Å². The zero-order chi connectivity index (χ0) is 10.4. The molecule has 0 aliphatic carbocycles. The molecular weight excluding hydrogens is 180 g/mol. The van der Waals surface area contributed by atoms with Crippen LogP contribution in [0.2, 0.25) is 0 Å². The summed E-state index contributed by atoms with van der Waals surface area (Å²) in [5.41, 5.74) is 0.787. The van der Waals surface area contributed by atoms with E-state index in [-0.39, 0.29) is 6.61 Å². The zero-order valence-electron chi connectivity index (χ0n) is 8.62. The second-order valence-corrected chi connectivity index (χ2v) is 2.79. The molecule has 0 unspecified atom stereocenters. The van der Waals surface area contributed by atoms with Crippen LogP contribution in [0.4, 0.5) is 0 Å². The van der Waals surface area contributed by atoms with E-state index in [0.717, 1.165) is 11.3 Å². The van der Waals surface area contributed by atoms with Gasteiger partial charge in [-0.2, -0.15) is 0 Å². The number of benzene rings is 1. The molecule has 0 fully saturated rings. The highest BCUT2D eigenvalue weighted by atomic mass is 16.5. The fourth-order valence-electron chi connectivity index (χ4n) is 1.21. The topological polar surface area (TPSA) is 38.7 Å². The fraction of sp³-hybridized carbons (Fsp3) is 0.455. The summed E-state index contributed by atoms with van der Waals surface area (Å²) in [5, 5.41) is 9.05. The van der Waals surface area contributed by atoms with Crippen molar-refractivity contribution in [3.8, 4) is 11.5 Å². The van der Waals surface area contributed by atoms with E-state index >= 15 is 0 Å². The standard InChI is InChI=1S/C11H16O3/c1-3-13-10-6-5-9(8-12)11(7-10)14-4-2/h5-7,12H,3-4,8H2,1-2H3. The third kappa shape index (κ3) is 2.64. The maximum absolute atomic E-state index is 9.05. The largest absolute Gasteiger partial charge is 0.494 e. The SMILES string of the molecule is CCOc1ccc(CO)c(OCC)c1. The summed E-state index contributed by atoms with van der Waals surface area (Å²) in [7, 11) is 0. The average molecular weight is 196 g/mol. The van der Waals surface area contributed by atoms with Gasteiger partial charge in [0.25, 0.3) is 0 Å². The third-order valence-electron chi connectivity index (χ3n) is 1.82. The molecule has 1 rings (SSSR count). The number of aliphatic hydroxyl groups is 1. The quantitative estimate of drug-likeness (QED) is 0.782. The van der Waals surface area contributed by atoms with Gasteiger partial charge in [0.05, 0.1) is 19.8 Å². The molecule has 0 amide bonds. The number of hydrogen-bond donors (Lipinski definition) is 1. The highest BCUT2D eigenvalue weighted by molar-refractivity contribution is 5.40. The van der Waals surface area contributed by atoms with Crippen molar-refractivity contribution in [2.45, 2.75) is 20.5 Å². The molecule has 0 atom stereocenters. The first-order valence-electron chi connectivity index (χ1n) is 4.81. The number of rotatable bonds is 5. The highest BCUT2D eigenvalue weighted by Gasteiger charge is 2.04. The highest BCUT2D eigenvalue weighted by Crippen LogP contribution is 2.24. The predicted octanol–water partition coefficient (Wildman–Crippen LogP) is 1.98. The van der Waals surface area contributed by atoms with Gasteiger partial charge in [0.1, 0.15) is 11.5 Å². The Balaban J connectivity index is 2.88. The van der Waals surface area contributed by atoms with Crippen LogP contribution in [0.3, 0.4) is 0 Å². The first kappa shape index (κ1) is 10.9. The number of aliphatic hydroxyl groups excluding tert-OH is 1. The first-order valence-corrected chi connectivity index (χ1v) is 4.81. The van der Waals surface area contributed by atoms with Crippen LogP contribution in [-0.2, 0) is 6.61 Å². The van der Waals surface area contributed by atoms with Crippen molar-refractivity contribution in [1.82, 2.24) is 0 Å². The predicted molar refractivity (Wildman–Crippen MR) is 54.7 cm³/mol. The Kier molecular flexibility index (Phi) is 4.26. The summed E-state index contributed by atoms with van der Waals surface area (Å²) in [6.07, 6.45) is 0. The van der Waals surface area contributed by atoms with E-state index < -0.39 is 0 Å². The van der Waals surface area contributed by atoms with Gasteiger partial charge in [-0.05, 0) is 26.0 Å². The zero-order valence-corrected chi connectivity index (χ0v) is 8.62. The maximum atomic E-state index is 9.05. The van der Waals surface area contributed by atoms with Crippen molar-refractivity contribution in [2.24, 2.45) is 0 Å². The van der Waals surface area contributed by atoms with Crippen molar-refractivity contribution in [1.29, 1.82) is 0 Å². The van der Waals surface area contributed by atoms with Crippen LogP contribution in [0.1, 0.15) is 19.4 Å². The minimum atomic E-state index is -0.0122. The van der Waals surface area contributed by atoms with Crippen LogP contribution in [0.15, 0.2) is 18.2 Å². The van der Waals surface area contributed by atoms with Crippen LogP contribution in [0.25, 0.3) is 0 Å². The molecule has 0 bridgehead atoms. The van der Waals surface area contributed by atoms with E-state index in [1.807, 2.05) is 26.0 Å². The van der Waals surface area contributed by atoms with Crippen molar-refractivity contribution < 1.29 is 14.6 Å². The lowest BCUT2D eigenvalue weighted by Gasteiger charge is -2.10. The molecule has 1 aromatic carbocycles. The molecule has 1 aromatic rings. The summed E-state index contributed by atoms with van der Waals surface area (Å²) in [6, 6.07) is 5.45. The van der Waals surface area contributed by atoms with E-state index in [2.05, 4.69) is 0 Å². The summed E-state index contributed by atoms with van der Waals surface area (Å²) in [4.78, 5) is 0. The normalized spacial score (nSPS) is 9.93.